The number of aliphatic imine (C=N–C) groups is 1. The summed E-state index contributed by atoms with van der Waals surface area (Å²) in [5, 5.41) is 2.93. The quantitative estimate of drug-likeness (QED) is 0.643. The number of hydrogen-bond acceptors (Lipinski definition) is 3. The fourth-order valence-electron chi connectivity index (χ4n) is 2.75. The first kappa shape index (κ1) is 17.3. The number of hydrogen-bond donors (Lipinski definition) is 2. The van der Waals surface area contributed by atoms with Crippen molar-refractivity contribution in [2.45, 2.75) is 31.6 Å². The lowest BCUT2D eigenvalue weighted by Gasteiger charge is -2.27. The first-order valence-electron chi connectivity index (χ1n) is 7.60. The molecule has 1 fully saturated rings. The first-order chi connectivity index (χ1) is 10.9. The Morgan fingerprint density at radius 1 is 1.39 bits per heavy atom. The summed E-state index contributed by atoms with van der Waals surface area (Å²) >= 11 is 0. The molecule has 0 aliphatic heterocycles. The van der Waals surface area contributed by atoms with E-state index in [1.807, 2.05) is 0 Å². The van der Waals surface area contributed by atoms with Crippen LogP contribution in [-0.4, -0.2) is 32.6 Å². The van der Waals surface area contributed by atoms with Crippen molar-refractivity contribution in [3.63, 3.8) is 0 Å². The molecule has 0 aromatic heterocycles. The molecule has 5 nitrogen and oxygen atoms in total. The van der Waals surface area contributed by atoms with Gasteiger partial charge in [-0.2, -0.15) is 0 Å². The molecule has 0 heterocycles. The van der Waals surface area contributed by atoms with E-state index in [1.165, 1.54) is 0 Å². The highest BCUT2D eigenvalue weighted by Crippen LogP contribution is 2.36. The monoisotopic (exact) mass is 327 g/mol. The second kappa shape index (κ2) is 7.48. The van der Waals surface area contributed by atoms with Crippen LogP contribution in [-0.2, 0) is 0 Å². The molecule has 1 atom stereocenters. The smallest absolute Gasteiger partial charge is 0.248 e. The van der Waals surface area contributed by atoms with E-state index in [-0.39, 0.29) is 24.7 Å². The molecule has 1 aliphatic carbocycles. The molecule has 3 N–H and O–H groups in total. The number of nitrogens with one attached hydrogen (secondary N) is 1. The van der Waals surface area contributed by atoms with Crippen LogP contribution in [0, 0.1) is 5.92 Å². The molecular formula is C16H23F2N3O2. The van der Waals surface area contributed by atoms with Crippen LogP contribution in [0.15, 0.2) is 23.2 Å². The number of ether oxygens (including phenoxy) is 2. The van der Waals surface area contributed by atoms with E-state index >= 15 is 0 Å². The Bertz CT molecular complexity index is 564. The average Bonchev–Trinajstić information content (AvgIpc) is 2.52. The van der Waals surface area contributed by atoms with Gasteiger partial charge in [0, 0.05) is 25.5 Å². The average molecular weight is 327 g/mol. The number of benzene rings is 1. The summed E-state index contributed by atoms with van der Waals surface area (Å²) in [5.41, 5.74) is 6.47. The highest BCUT2D eigenvalue weighted by molar-refractivity contribution is 5.94. The maximum absolute atomic E-state index is 13.4. The molecule has 0 saturated heterocycles. The van der Waals surface area contributed by atoms with Crippen LogP contribution in [0.2, 0.25) is 0 Å². The van der Waals surface area contributed by atoms with Crippen molar-refractivity contribution in [3.8, 4) is 11.5 Å². The summed E-state index contributed by atoms with van der Waals surface area (Å²) in [6.45, 7) is 0.292. The zero-order valence-electron chi connectivity index (χ0n) is 13.4. The van der Waals surface area contributed by atoms with E-state index < -0.39 is 5.92 Å². The van der Waals surface area contributed by atoms with Crippen molar-refractivity contribution in [1.29, 1.82) is 0 Å². The van der Waals surface area contributed by atoms with Crippen molar-refractivity contribution >= 4 is 11.6 Å². The van der Waals surface area contributed by atoms with Gasteiger partial charge in [0.1, 0.15) is 11.5 Å². The molecule has 128 valence electrons. The van der Waals surface area contributed by atoms with Gasteiger partial charge in [0.25, 0.3) is 0 Å². The second-order valence-corrected chi connectivity index (χ2v) is 5.74. The van der Waals surface area contributed by atoms with Crippen LogP contribution in [0.4, 0.5) is 14.5 Å². The largest absolute Gasteiger partial charge is 0.497 e. The number of methoxy groups -OCH3 is 2. The number of rotatable bonds is 5. The van der Waals surface area contributed by atoms with E-state index in [4.69, 9.17) is 15.2 Å². The molecule has 2 rings (SSSR count). The molecule has 0 bridgehead atoms. The fourth-order valence-corrected chi connectivity index (χ4v) is 2.75. The van der Waals surface area contributed by atoms with Gasteiger partial charge in [0.05, 0.1) is 19.9 Å². The SMILES string of the molecule is COc1ccc(OC)c(NC(N)=NCC2CCCC(F)(F)C2)c1. The van der Waals surface area contributed by atoms with Gasteiger partial charge in [0.2, 0.25) is 5.92 Å². The number of alkyl halides is 2. The number of halogens is 2. The molecule has 1 aliphatic rings. The van der Waals surface area contributed by atoms with Gasteiger partial charge < -0.3 is 20.5 Å². The molecule has 7 heteroatoms. The van der Waals surface area contributed by atoms with E-state index in [2.05, 4.69) is 10.3 Å². The Morgan fingerprint density at radius 2 is 2.17 bits per heavy atom. The highest BCUT2D eigenvalue weighted by Gasteiger charge is 2.35. The predicted octanol–water partition coefficient (Wildman–Crippen LogP) is 3.26. The Morgan fingerprint density at radius 3 is 2.83 bits per heavy atom. The van der Waals surface area contributed by atoms with Gasteiger partial charge in [0.15, 0.2) is 5.96 Å². The Kier molecular flexibility index (Phi) is 5.63. The summed E-state index contributed by atoms with van der Waals surface area (Å²) in [7, 11) is 3.11. The third kappa shape index (κ3) is 4.97. The lowest BCUT2D eigenvalue weighted by Crippen LogP contribution is -2.29. The third-order valence-electron chi connectivity index (χ3n) is 3.93. The van der Waals surface area contributed by atoms with Crippen LogP contribution in [0.5, 0.6) is 11.5 Å². The van der Waals surface area contributed by atoms with Gasteiger partial charge in [-0.25, -0.2) is 8.78 Å². The minimum atomic E-state index is -2.57. The predicted molar refractivity (Wildman–Crippen MR) is 86.6 cm³/mol. The zero-order valence-corrected chi connectivity index (χ0v) is 13.4. The zero-order chi connectivity index (χ0) is 16.9. The first-order valence-corrected chi connectivity index (χ1v) is 7.60. The fraction of sp³-hybridized carbons (Fsp3) is 0.562. The van der Waals surface area contributed by atoms with E-state index in [0.29, 0.717) is 30.2 Å². The van der Waals surface area contributed by atoms with Crippen molar-refractivity contribution in [2.24, 2.45) is 16.6 Å². The molecule has 1 aromatic rings. The van der Waals surface area contributed by atoms with Gasteiger partial charge in [-0.15, -0.1) is 0 Å². The minimum absolute atomic E-state index is 0.0258. The molecular weight excluding hydrogens is 304 g/mol. The van der Waals surface area contributed by atoms with Crippen LogP contribution in [0.3, 0.4) is 0 Å². The molecule has 0 amide bonds. The summed E-state index contributed by atoms with van der Waals surface area (Å²) in [6.07, 6.45) is 1.15. The minimum Gasteiger partial charge on any atom is -0.497 e. The maximum Gasteiger partial charge on any atom is 0.248 e. The van der Waals surface area contributed by atoms with Gasteiger partial charge in [-0.05, 0) is 30.9 Å². The van der Waals surface area contributed by atoms with E-state index in [1.54, 1.807) is 32.4 Å². The molecule has 0 radical (unpaired) electrons. The van der Waals surface area contributed by atoms with E-state index in [9.17, 15) is 8.78 Å². The van der Waals surface area contributed by atoms with Gasteiger partial charge >= 0.3 is 0 Å². The molecule has 1 unspecified atom stereocenters. The van der Waals surface area contributed by atoms with Crippen LogP contribution < -0.4 is 20.5 Å². The normalized spacial score (nSPS) is 20.9. The molecule has 1 aromatic carbocycles. The number of nitrogens with two attached hydrogens (primary N) is 1. The second-order valence-electron chi connectivity index (χ2n) is 5.74. The number of guanidine groups is 1. The topological polar surface area (TPSA) is 68.9 Å². The lowest BCUT2D eigenvalue weighted by molar-refractivity contribution is -0.0507. The Balaban J connectivity index is 1.99. The lowest BCUT2D eigenvalue weighted by atomic mass is 9.87. The number of anilines is 1. The highest BCUT2D eigenvalue weighted by atomic mass is 19.3. The molecule has 23 heavy (non-hydrogen) atoms. The van der Waals surface area contributed by atoms with Crippen molar-refractivity contribution < 1.29 is 18.3 Å². The van der Waals surface area contributed by atoms with Gasteiger partial charge in [-0.3, -0.25) is 4.99 Å². The van der Waals surface area contributed by atoms with Crippen LogP contribution in [0.25, 0.3) is 0 Å². The summed E-state index contributed by atoms with van der Waals surface area (Å²) in [4.78, 5) is 4.19. The summed E-state index contributed by atoms with van der Waals surface area (Å²) < 4.78 is 37.2. The standard InChI is InChI=1S/C16H23F2N3O2/c1-22-12-5-6-14(23-2)13(8-12)21-15(19)20-10-11-4-3-7-16(17,18)9-11/h5-6,8,11H,3-4,7,9-10H2,1-2H3,(H3,19,20,21). The maximum atomic E-state index is 13.4. The number of nitrogens with zero attached hydrogens (tertiary/aromatic N) is 1. The third-order valence-corrected chi connectivity index (χ3v) is 3.93. The van der Waals surface area contributed by atoms with Crippen molar-refractivity contribution in [1.82, 2.24) is 0 Å². The molecule has 0 spiro atoms. The van der Waals surface area contributed by atoms with Crippen LogP contribution in [0.1, 0.15) is 25.7 Å². The van der Waals surface area contributed by atoms with Crippen LogP contribution >= 0.6 is 0 Å². The Hall–Kier alpha value is -2.05. The van der Waals surface area contributed by atoms with Crippen molar-refractivity contribution in [3.05, 3.63) is 18.2 Å². The molecule has 1 saturated carbocycles. The van der Waals surface area contributed by atoms with E-state index in [0.717, 1.165) is 6.42 Å². The van der Waals surface area contributed by atoms with Gasteiger partial charge in [-0.1, -0.05) is 0 Å². The van der Waals surface area contributed by atoms with Crippen molar-refractivity contribution in [2.75, 3.05) is 26.1 Å². The summed E-state index contributed by atoms with van der Waals surface area (Å²) in [5.74, 6) is -1.30. The Labute approximate surface area is 134 Å². The summed E-state index contributed by atoms with van der Waals surface area (Å²) in [6, 6.07) is 5.24.